The number of anilines is 1. The van der Waals surface area contributed by atoms with Crippen LogP contribution in [0.25, 0.3) is 0 Å². The summed E-state index contributed by atoms with van der Waals surface area (Å²) < 4.78 is 5.68. The number of benzene rings is 1. The number of nitrogens with one attached hydrogen (secondary N) is 1. The average Bonchev–Trinajstić information content (AvgIpc) is 2.43. The van der Waals surface area contributed by atoms with Gasteiger partial charge in [-0.25, -0.2) is 0 Å². The molecular formula is C17H26N2O2. The number of hydrogen-bond donors (Lipinski definition) is 2. The van der Waals surface area contributed by atoms with Crippen molar-refractivity contribution in [2.75, 3.05) is 11.9 Å². The van der Waals surface area contributed by atoms with Crippen molar-refractivity contribution in [2.45, 2.75) is 45.6 Å². The maximum Gasteiger partial charge on any atom is 0.220 e. The number of ether oxygens (including phenoxy) is 1. The first kappa shape index (κ1) is 15.7. The van der Waals surface area contributed by atoms with E-state index in [0.29, 0.717) is 18.6 Å². The summed E-state index contributed by atoms with van der Waals surface area (Å²) in [5, 5.41) is 3.62. The first-order chi connectivity index (χ1) is 10.1. The minimum absolute atomic E-state index is 0.242. The van der Waals surface area contributed by atoms with Crippen molar-refractivity contribution >= 4 is 11.6 Å². The first-order valence-electron chi connectivity index (χ1n) is 7.83. The maximum absolute atomic E-state index is 10.8. The molecule has 3 N–H and O–H groups in total. The van der Waals surface area contributed by atoms with E-state index in [1.165, 1.54) is 19.3 Å². The van der Waals surface area contributed by atoms with Crippen molar-refractivity contribution in [3.63, 3.8) is 0 Å². The molecule has 1 amide bonds. The molecular weight excluding hydrogens is 264 g/mol. The van der Waals surface area contributed by atoms with E-state index in [0.717, 1.165) is 17.4 Å². The van der Waals surface area contributed by atoms with Gasteiger partial charge in [-0.2, -0.15) is 0 Å². The highest BCUT2D eigenvalue weighted by molar-refractivity contribution is 5.73. The Morgan fingerprint density at radius 2 is 2.10 bits per heavy atom. The van der Waals surface area contributed by atoms with Crippen LogP contribution in [-0.4, -0.2) is 18.6 Å². The van der Waals surface area contributed by atoms with Gasteiger partial charge >= 0.3 is 0 Å². The third kappa shape index (κ3) is 4.66. The van der Waals surface area contributed by atoms with Crippen LogP contribution in [0, 0.1) is 11.8 Å². The van der Waals surface area contributed by atoms with Crippen LogP contribution in [0.3, 0.4) is 0 Å². The maximum atomic E-state index is 10.8. The summed E-state index contributed by atoms with van der Waals surface area (Å²) in [4.78, 5) is 10.8. The number of hydrogen-bond acceptors (Lipinski definition) is 3. The van der Waals surface area contributed by atoms with Crippen LogP contribution in [0.5, 0.6) is 5.75 Å². The zero-order chi connectivity index (χ0) is 15.2. The van der Waals surface area contributed by atoms with E-state index in [1.807, 2.05) is 24.3 Å². The Morgan fingerprint density at radius 1 is 1.33 bits per heavy atom. The molecule has 0 bridgehead atoms. The quantitative estimate of drug-likeness (QED) is 0.845. The first-order valence-corrected chi connectivity index (χ1v) is 7.83. The van der Waals surface area contributed by atoms with Gasteiger partial charge in [-0.15, -0.1) is 0 Å². The second-order valence-corrected chi connectivity index (χ2v) is 6.21. The Kier molecular flexibility index (Phi) is 5.48. The molecule has 4 nitrogen and oxygen atoms in total. The highest BCUT2D eigenvalue weighted by Gasteiger charge is 2.25. The van der Waals surface area contributed by atoms with Crippen molar-refractivity contribution in [1.82, 2.24) is 0 Å². The Bertz CT molecular complexity index is 476. The smallest absolute Gasteiger partial charge is 0.220 e. The largest absolute Gasteiger partial charge is 0.491 e. The van der Waals surface area contributed by atoms with Gasteiger partial charge in [0.15, 0.2) is 0 Å². The van der Waals surface area contributed by atoms with Gasteiger partial charge in [-0.1, -0.05) is 26.0 Å². The van der Waals surface area contributed by atoms with E-state index in [1.54, 1.807) is 0 Å². The molecule has 21 heavy (non-hydrogen) atoms. The summed E-state index contributed by atoms with van der Waals surface area (Å²) in [5.74, 6) is 1.94. The molecule has 0 saturated heterocycles. The number of nitrogens with two attached hydrogens (primary N) is 1. The van der Waals surface area contributed by atoms with E-state index in [2.05, 4.69) is 19.2 Å². The van der Waals surface area contributed by atoms with Crippen molar-refractivity contribution < 1.29 is 9.53 Å². The fourth-order valence-corrected chi connectivity index (χ4v) is 3.05. The lowest BCUT2D eigenvalue weighted by molar-refractivity contribution is -0.118. The summed E-state index contributed by atoms with van der Waals surface area (Å²) >= 11 is 0. The van der Waals surface area contributed by atoms with Gasteiger partial charge in [-0.3, -0.25) is 4.79 Å². The lowest BCUT2D eigenvalue weighted by Gasteiger charge is -2.34. The standard InChI is InChI=1S/C17H26N2O2/c1-12-7-8-14(13(2)11-12)19-15-5-3-4-6-16(15)21-10-9-17(18)20/h3-6,12-14,19H,7-11H2,1-2H3,(H2,18,20). The fraction of sp³-hybridized carbons (Fsp3) is 0.588. The Labute approximate surface area is 127 Å². The number of para-hydroxylation sites is 2. The van der Waals surface area contributed by atoms with Crippen molar-refractivity contribution in [3.8, 4) is 5.75 Å². The molecule has 3 atom stereocenters. The monoisotopic (exact) mass is 290 g/mol. The third-order valence-corrected chi connectivity index (χ3v) is 4.27. The molecule has 1 saturated carbocycles. The van der Waals surface area contributed by atoms with Gasteiger partial charge in [0.1, 0.15) is 5.75 Å². The third-order valence-electron chi connectivity index (χ3n) is 4.27. The topological polar surface area (TPSA) is 64.3 Å². The molecule has 1 aliphatic rings. The molecule has 1 aromatic carbocycles. The van der Waals surface area contributed by atoms with Crippen LogP contribution in [-0.2, 0) is 4.79 Å². The predicted octanol–water partition coefficient (Wildman–Crippen LogP) is 3.18. The summed E-state index contributed by atoms with van der Waals surface area (Å²) in [6.07, 6.45) is 3.97. The molecule has 4 heteroatoms. The van der Waals surface area contributed by atoms with Crippen molar-refractivity contribution in [2.24, 2.45) is 17.6 Å². The normalized spacial score (nSPS) is 25.3. The van der Waals surface area contributed by atoms with Crippen LogP contribution in [0.2, 0.25) is 0 Å². The highest BCUT2D eigenvalue weighted by Crippen LogP contribution is 2.33. The van der Waals surface area contributed by atoms with E-state index in [4.69, 9.17) is 10.5 Å². The van der Waals surface area contributed by atoms with Gasteiger partial charge in [0.25, 0.3) is 0 Å². The Morgan fingerprint density at radius 3 is 2.81 bits per heavy atom. The van der Waals surface area contributed by atoms with Gasteiger partial charge in [0.2, 0.25) is 5.91 Å². The molecule has 0 aliphatic heterocycles. The van der Waals surface area contributed by atoms with Gasteiger partial charge in [0, 0.05) is 6.04 Å². The SMILES string of the molecule is CC1CCC(Nc2ccccc2OCCC(N)=O)C(C)C1. The van der Waals surface area contributed by atoms with E-state index >= 15 is 0 Å². The van der Waals surface area contributed by atoms with Gasteiger partial charge in [0.05, 0.1) is 18.7 Å². The van der Waals surface area contributed by atoms with Gasteiger partial charge < -0.3 is 15.8 Å². The van der Waals surface area contributed by atoms with Gasteiger partial charge in [-0.05, 0) is 43.2 Å². The predicted molar refractivity (Wildman–Crippen MR) is 85.3 cm³/mol. The molecule has 0 heterocycles. The lowest BCUT2D eigenvalue weighted by atomic mass is 9.80. The molecule has 0 spiro atoms. The summed E-state index contributed by atoms with van der Waals surface area (Å²) in [6, 6.07) is 8.39. The summed E-state index contributed by atoms with van der Waals surface area (Å²) in [6.45, 7) is 4.96. The van der Waals surface area contributed by atoms with E-state index < -0.39 is 0 Å². The van der Waals surface area contributed by atoms with Crippen molar-refractivity contribution in [3.05, 3.63) is 24.3 Å². The minimum Gasteiger partial charge on any atom is -0.491 e. The molecule has 3 unspecified atom stereocenters. The number of rotatable bonds is 6. The van der Waals surface area contributed by atoms with Crippen LogP contribution in [0.4, 0.5) is 5.69 Å². The number of carbonyl (C=O) groups is 1. The Hall–Kier alpha value is -1.71. The number of amides is 1. The van der Waals surface area contributed by atoms with Crippen LogP contribution in [0.15, 0.2) is 24.3 Å². The second kappa shape index (κ2) is 7.34. The molecule has 0 radical (unpaired) electrons. The summed E-state index contributed by atoms with van der Waals surface area (Å²) in [7, 11) is 0. The summed E-state index contributed by atoms with van der Waals surface area (Å²) in [5.41, 5.74) is 6.15. The van der Waals surface area contributed by atoms with E-state index in [-0.39, 0.29) is 12.3 Å². The van der Waals surface area contributed by atoms with Crippen LogP contribution in [0.1, 0.15) is 39.5 Å². The molecule has 2 rings (SSSR count). The number of primary amides is 1. The molecule has 1 fully saturated rings. The van der Waals surface area contributed by atoms with E-state index in [9.17, 15) is 4.79 Å². The highest BCUT2D eigenvalue weighted by atomic mass is 16.5. The molecule has 1 aliphatic carbocycles. The lowest BCUT2D eigenvalue weighted by Crippen LogP contribution is -2.33. The minimum atomic E-state index is -0.338. The average molecular weight is 290 g/mol. The molecule has 1 aromatic rings. The Balaban J connectivity index is 1.97. The van der Waals surface area contributed by atoms with Crippen molar-refractivity contribution in [1.29, 1.82) is 0 Å². The second-order valence-electron chi connectivity index (χ2n) is 6.21. The number of carbonyl (C=O) groups excluding carboxylic acids is 1. The zero-order valence-corrected chi connectivity index (χ0v) is 13.0. The zero-order valence-electron chi connectivity index (χ0n) is 13.0. The molecule has 0 aromatic heterocycles. The van der Waals surface area contributed by atoms with Crippen LogP contribution >= 0.6 is 0 Å². The molecule has 116 valence electrons. The van der Waals surface area contributed by atoms with Crippen LogP contribution < -0.4 is 15.8 Å². The fourth-order valence-electron chi connectivity index (χ4n) is 3.05.